The first-order chi connectivity index (χ1) is 10.3. The molecule has 4 nitrogen and oxygen atoms in total. The minimum absolute atomic E-state index is 0.795. The van der Waals surface area contributed by atoms with Crippen molar-refractivity contribution in [3.8, 4) is 0 Å². The maximum Gasteiger partial charge on any atom is 0.0672 e. The number of H-pyrrole nitrogens is 1. The van der Waals surface area contributed by atoms with E-state index in [4.69, 9.17) is 5.73 Å². The molecule has 0 amide bonds. The van der Waals surface area contributed by atoms with Crippen molar-refractivity contribution in [1.82, 2.24) is 10.2 Å². The van der Waals surface area contributed by atoms with Crippen molar-refractivity contribution >= 4 is 22.3 Å². The molecule has 2 rings (SSSR count). The molecule has 1 aromatic carbocycles. The van der Waals surface area contributed by atoms with Crippen LogP contribution in [0.3, 0.4) is 0 Å². The molecular formula is C17H28N4. The fourth-order valence-corrected chi connectivity index (χ4v) is 2.64. The van der Waals surface area contributed by atoms with E-state index < -0.39 is 0 Å². The van der Waals surface area contributed by atoms with E-state index in [2.05, 4.69) is 22.4 Å². The monoisotopic (exact) mass is 288 g/mol. The molecule has 0 aliphatic rings. The van der Waals surface area contributed by atoms with E-state index in [0.717, 1.165) is 28.8 Å². The molecule has 0 aliphatic heterocycles. The van der Waals surface area contributed by atoms with Gasteiger partial charge in [-0.05, 0) is 18.6 Å². The number of nitrogens with one attached hydrogen (secondary N) is 2. The highest BCUT2D eigenvalue weighted by atomic mass is 15.1. The number of hydrogen-bond donors (Lipinski definition) is 3. The highest BCUT2D eigenvalue weighted by Crippen LogP contribution is 2.24. The van der Waals surface area contributed by atoms with E-state index in [9.17, 15) is 0 Å². The van der Waals surface area contributed by atoms with Crippen LogP contribution in [0.15, 0.2) is 18.3 Å². The summed E-state index contributed by atoms with van der Waals surface area (Å²) in [6.07, 6.45) is 12.5. The Morgan fingerprint density at radius 1 is 1.05 bits per heavy atom. The number of aromatic amines is 1. The van der Waals surface area contributed by atoms with Crippen molar-refractivity contribution in [3.05, 3.63) is 18.3 Å². The van der Waals surface area contributed by atoms with Crippen LogP contribution in [0, 0.1) is 0 Å². The summed E-state index contributed by atoms with van der Waals surface area (Å²) in [4.78, 5) is 0. The van der Waals surface area contributed by atoms with Gasteiger partial charge in [-0.3, -0.25) is 5.10 Å². The summed E-state index contributed by atoms with van der Waals surface area (Å²) in [5.41, 5.74) is 8.88. The Labute approximate surface area is 127 Å². The van der Waals surface area contributed by atoms with Gasteiger partial charge in [-0.1, -0.05) is 51.9 Å². The van der Waals surface area contributed by atoms with Gasteiger partial charge in [-0.25, -0.2) is 0 Å². The van der Waals surface area contributed by atoms with Gasteiger partial charge in [0.1, 0.15) is 0 Å². The molecule has 0 saturated carbocycles. The zero-order valence-corrected chi connectivity index (χ0v) is 13.1. The topological polar surface area (TPSA) is 66.7 Å². The molecule has 2 aromatic rings. The van der Waals surface area contributed by atoms with Crippen LogP contribution in [0.5, 0.6) is 0 Å². The van der Waals surface area contributed by atoms with E-state index in [1.54, 1.807) is 6.20 Å². The first-order valence-corrected chi connectivity index (χ1v) is 8.27. The Bertz CT molecular complexity index is 533. The SMILES string of the molecule is CCCCCCCCCCNc1cc2[nH]ncc2cc1N. The lowest BCUT2D eigenvalue weighted by Gasteiger charge is -2.09. The molecule has 0 fully saturated rings. The van der Waals surface area contributed by atoms with Gasteiger partial charge in [0, 0.05) is 11.9 Å². The molecule has 0 bridgehead atoms. The molecule has 0 spiro atoms. The predicted molar refractivity (Wildman–Crippen MR) is 91.6 cm³/mol. The molecule has 21 heavy (non-hydrogen) atoms. The Morgan fingerprint density at radius 2 is 1.76 bits per heavy atom. The summed E-state index contributed by atoms with van der Waals surface area (Å²) in [7, 11) is 0. The zero-order valence-electron chi connectivity index (χ0n) is 13.1. The number of unbranched alkanes of at least 4 members (excludes halogenated alkanes) is 7. The molecule has 0 saturated heterocycles. The van der Waals surface area contributed by atoms with Gasteiger partial charge in [0.2, 0.25) is 0 Å². The molecule has 4 N–H and O–H groups in total. The van der Waals surface area contributed by atoms with Crippen molar-refractivity contribution in [2.75, 3.05) is 17.6 Å². The number of nitrogen functional groups attached to an aromatic ring is 1. The number of nitrogens with two attached hydrogens (primary N) is 1. The third kappa shape index (κ3) is 4.96. The second-order valence-corrected chi connectivity index (χ2v) is 5.80. The third-order valence-electron chi connectivity index (χ3n) is 3.96. The van der Waals surface area contributed by atoms with Gasteiger partial charge in [-0.2, -0.15) is 5.10 Å². The molecule has 1 heterocycles. The highest BCUT2D eigenvalue weighted by Gasteiger charge is 2.03. The number of anilines is 2. The first kappa shape index (κ1) is 15.7. The average molecular weight is 288 g/mol. The van der Waals surface area contributed by atoms with Crippen molar-refractivity contribution in [2.45, 2.75) is 58.3 Å². The molecule has 4 heteroatoms. The maximum atomic E-state index is 6.05. The summed E-state index contributed by atoms with van der Waals surface area (Å²) >= 11 is 0. The molecule has 0 aliphatic carbocycles. The van der Waals surface area contributed by atoms with Gasteiger partial charge in [-0.15, -0.1) is 0 Å². The standard InChI is InChI=1S/C17H28N4/c1-2-3-4-5-6-7-8-9-10-19-17-12-16-14(11-15(17)18)13-20-21-16/h11-13,19H,2-10,18H2,1H3,(H,20,21). The predicted octanol–water partition coefficient (Wildman–Crippen LogP) is 4.70. The van der Waals surface area contributed by atoms with E-state index in [0.29, 0.717) is 0 Å². The summed E-state index contributed by atoms with van der Waals surface area (Å²) in [6, 6.07) is 4.01. The Kier molecular flexibility index (Phi) is 6.38. The molecule has 0 atom stereocenters. The van der Waals surface area contributed by atoms with Crippen LogP contribution in [0.2, 0.25) is 0 Å². The molecule has 0 radical (unpaired) electrons. The smallest absolute Gasteiger partial charge is 0.0672 e. The molecule has 1 aromatic heterocycles. The van der Waals surface area contributed by atoms with Gasteiger partial charge in [0.25, 0.3) is 0 Å². The average Bonchev–Trinajstić information content (AvgIpc) is 2.92. The van der Waals surface area contributed by atoms with Gasteiger partial charge < -0.3 is 11.1 Å². The van der Waals surface area contributed by atoms with Crippen LogP contribution >= 0.6 is 0 Å². The van der Waals surface area contributed by atoms with Gasteiger partial charge >= 0.3 is 0 Å². The lowest BCUT2D eigenvalue weighted by atomic mass is 10.1. The van der Waals surface area contributed by atoms with E-state index >= 15 is 0 Å². The van der Waals surface area contributed by atoms with Crippen molar-refractivity contribution < 1.29 is 0 Å². The van der Waals surface area contributed by atoms with Crippen molar-refractivity contribution in [3.63, 3.8) is 0 Å². The Hall–Kier alpha value is -1.71. The number of nitrogens with zero attached hydrogens (tertiary/aromatic N) is 1. The van der Waals surface area contributed by atoms with Crippen LogP contribution in [-0.2, 0) is 0 Å². The molecular weight excluding hydrogens is 260 g/mol. The zero-order chi connectivity index (χ0) is 14.9. The van der Waals surface area contributed by atoms with Crippen LogP contribution < -0.4 is 11.1 Å². The summed E-state index contributed by atoms with van der Waals surface area (Å²) in [5.74, 6) is 0. The lowest BCUT2D eigenvalue weighted by Crippen LogP contribution is -2.04. The number of aromatic nitrogens is 2. The fraction of sp³-hybridized carbons (Fsp3) is 0.588. The minimum atomic E-state index is 0.795. The highest BCUT2D eigenvalue weighted by molar-refractivity contribution is 5.88. The van der Waals surface area contributed by atoms with E-state index in [1.807, 2.05) is 12.1 Å². The summed E-state index contributed by atoms with van der Waals surface area (Å²) < 4.78 is 0. The van der Waals surface area contributed by atoms with Crippen LogP contribution in [-0.4, -0.2) is 16.7 Å². The molecule has 116 valence electrons. The van der Waals surface area contributed by atoms with E-state index in [1.165, 1.54) is 51.4 Å². The lowest BCUT2D eigenvalue weighted by molar-refractivity contribution is 0.581. The minimum Gasteiger partial charge on any atom is -0.397 e. The normalized spacial score (nSPS) is 11.1. The molecule has 0 unspecified atom stereocenters. The number of hydrogen-bond acceptors (Lipinski definition) is 3. The van der Waals surface area contributed by atoms with Crippen molar-refractivity contribution in [1.29, 1.82) is 0 Å². The van der Waals surface area contributed by atoms with Crippen LogP contribution in [0.25, 0.3) is 10.9 Å². The van der Waals surface area contributed by atoms with Crippen LogP contribution in [0.4, 0.5) is 11.4 Å². The maximum absolute atomic E-state index is 6.05. The van der Waals surface area contributed by atoms with E-state index in [-0.39, 0.29) is 0 Å². The fourth-order valence-electron chi connectivity index (χ4n) is 2.64. The number of benzene rings is 1. The number of fused-ring (bicyclic) bond motifs is 1. The third-order valence-corrected chi connectivity index (χ3v) is 3.96. The second kappa shape index (κ2) is 8.55. The summed E-state index contributed by atoms with van der Waals surface area (Å²) in [5, 5.41) is 11.5. The number of rotatable bonds is 10. The quantitative estimate of drug-likeness (QED) is 0.438. The first-order valence-electron chi connectivity index (χ1n) is 8.27. The Balaban J connectivity index is 1.62. The second-order valence-electron chi connectivity index (χ2n) is 5.80. The van der Waals surface area contributed by atoms with Crippen LogP contribution in [0.1, 0.15) is 58.3 Å². The largest absolute Gasteiger partial charge is 0.397 e. The summed E-state index contributed by atoms with van der Waals surface area (Å²) in [6.45, 7) is 3.25. The van der Waals surface area contributed by atoms with Gasteiger partial charge in [0.15, 0.2) is 0 Å². The van der Waals surface area contributed by atoms with Crippen molar-refractivity contribution in [2.24, 2.45) is 0 Å². The van der Waals surface area contributed by atoms with Gasteiger partial charge in [0.05, 0.1) is 23.1 Å². The Morgan fingerprint density at radius 3 is 2.52 bits per heavy atom.